The zero-order chi connectivity index (χ0) is 26.9. The van der Waals surface area contributed by atoms with E-state index < -0.39 is 17.3 Å². The van der Waals surface area contributed by atoms with Crippen LogP contribution in [0.1, 0.15) is 26.7 Å². The van der Waals surface area contributed by atoms with Gasteiger partial charge in [0.2, 0.25) is 0 Å². The number of hydrogen-bond donors (Lipinski definition) is 2. The summed E-state index contributed by atoms with van der Waals surface area (Å²) in [6, 6.07) is 15.6. The van der Waals surface area contributed by atoms with Gasteiger partial charge in [-0.15, -0.1) is 0 Å². The number of ether oxygens (including phenoxy) is 1. The number of nitriles is 1. The lowest BCUT2D eigenvalue weighted by molar-refractivity contribution is -0.117. The summed E-state index contributed by atoms with van der Waals surface area (Å²) < 4.78 is 22.7. The Kier molecular flexibility index (Phi) is 6.51. The Morgan fingerprint density at radius 1 is 1.24 bits per heavy atom. The molecule has 9 nitrogen and oxygen atoms in total. The number of anilines is 1. The highest BCUT2D eigenvalue weighted by Gasteiger charge is 2.30. The van der Waals surface area contributed by atoms with Gasteiger partial charge in [0.05, 0.1) is 10.9 Å². The van der Waals surface area contributed by atoms with Gasteiger partial charge in [0.1, 0.15) is 46.8 Å². The van der Waals surface area contributed by atoms with Crippen LogP contribution in [0.2, 0.25) is 0 Å². The Hall–Kier alpha value is -4.78. The third-order valence-electron chi connectivity index (χ3n) is 6.31. The highest BCUT2D eigenvalue weighted by atomic mass is 19.1. The van der Waals surface area contributed by atoms with Crippen LogP contribution in [0, 0.1) is 23.1 Å². The van der Waals surface area contributed by atoms with Crippen LogP contribution >= 0.6 is 0 Å². The molecule has 2 aromatic heterocycles. The summed E-state index contributed by atoms with van der Waals surface area (Å²) >= 11 is 0. The molecule has 2 heterocycles. The lowest BCUT2D eigenvalue weighted by Gasteiger charge is -2.26. The van der Waals surface area contributed by atoms with Crippen molar-refractivity contribution >= 4 is 22.8 Å². The molecule has 5 rings (SSSR count). The zero-order valence-corrected chi connectivity index (χ0v) is 21.0. The number of nitrogens with zero attached hydrogens (tertiary/aromatic N) is 5. The van der Waals surface area contributed by atoms with E-state index in [0.717, 1.165) is 12.8 Å². The molecule has 1 fully saturated rings. The fourth-order valence-corrected chi connectivity index (χ4v) is 4.09. The zero-order valence-electron chi connectivity index (χ0n) is 21.0. The van der Waals surface area contributed by atoms with E-state index in [2.05, 4.69) is 15.3 Å². The van der Waals surface area contributed by atoms with E-state index in [-0.39, 0.29) is 29.2 Å². The molecule has 192 valence electrons. The lowest BCUT2D eigenvalue weighted by Crippen LogP contribution is -2.42. The summed E-state index contributed by atoms with van der Waals surface area (Å²) in [6.45, 7) is 3.85. The van der Waals surface area contributed by atoms with E-state index in [1.165, 1.54) is 12.4 Å². The Bertz CT molecular complexity index is 1580. The summed E-state index contributed by atoms with van der Waals surface area (Å²) in [7, 11) is 0. The van der Waals surface area contributed by atoms with Gasteiger partial charge in [-0.3, -0.25) is 4.79 Å². The van der Waals surface area contributed by atoms with Crippen LogP contribution in [0.5, 0.6) is 11.5 Å². The molecule has 38 heavy (non-hydrogen) atoms. The van der Waals surface area contributed by atoms with Crippen LogP contribution in [0.4, 0.5) is 10.2 Å². The van der Waals surface area contributed by atoms with Crippen molar-refractivity contribution in [3.05, 3.63) is 72.3 Å². The summed E-state index contributed by atoms with van der Waals surface area (Å²) in [4.78, 5) is 21.1. The Morgan fingerprint density at radius 2 is 2.00 bits per heavy atom. The van der Waals surface area contributed by atoms with E-state index in [9.17, 15) is 10.1 Å². The topological polar surface area (TPSA) is 132 Å². The van der Waals surface area contributed by atoms with Crippen molar-refractivity contribution in [2.45, 2.75) is 32.2 Å². The van der Waals surface area contributed by atoms with Crippen LogP contribution < -0.4 is 15.8 Å². The number of hydrogen-bond acceptors (Lipinski definition) is 7. The largest absolute Gasteiger partial charge is 0.457 e. The number of nitrogens with two attached hydrogens (primary N) is 1. The van der Waals surface area contributed by atoms with Gasteiger partial charge in [-0.2, -0.15) is 10.4 Å². The number of amides is 1. The summed E-state index contributed by atoms with van der Waals surface area (Å²) in [5, 5.41) is 17.3. The van der Waals surface area contributed by atoms with Crippen LogP contribution in [-0.2, 0) is 10.3 Å². The Balaban J connectivity index is 1.47. The normalized spacial score (nSPS) is 13.8. The van der Waals surface area contributed by atoms with Gasteiger partial charge in [0, 0.05) is 18.2 Å². The molecule has 0 bridgehead atoms. The molecule has 1 saturated carbocycles. The number of halogens is 1. The fraction of sp³-hybridized carbons (Fsp3) is 0.250. The van der Waals surface area contributed by atoms with Crippen molar-refractivity contribution in [2.75, 3.05) is 12.3 Å². The second kappa shape index (κ2) is 9.94. The standard InChI is InChI=1S/C28H26FN7O2/c1-28(2,15-32-27(37)18(14-30)12-17-8-9-17)36-26-23(25(31)33-16-34-26)24(35-36)21-11-10-20(13-22(21)29)38-19-6-4-3-5-7-19/h3-7,10-13,16-17H,8-9,15H2,1-2H3,(H,32,37)(H2,31,33,34)/b18-12+. The number of nitrogen functional groups attached to an aromatic ring is 1. The second-order valence-electron chi connectivity index (χ2n) is 9.80. The first kappa shape index (κ1) is 24.9. The minimum absolute atomic E-state index is 0.0979. The Labute approximate surface area is 218 Å². The van der Waals surface area contributed by atoms with Crippen LogP contribution in [0.3, 0.4) is 0 Å². The average Bonchev–Trinajstić information content (AvgIpc) is 3.64. The summed E-state index contributed by atoms with van der Waals surface area (Å²) in [6.07, 6.45) is 5.01. The van der Waals surface area contributed by atoms with E-state index in [1.807, 2.05) is 38.1 Å². The second-order valence-corrected chi connectivity index (χ2v) is 9.80. The predicted octanol–water partition coefficient (Wildman–Crippen LogP) is 4.72. The molecule has 4 aromatic rings. The molecule has 0 radical (unpaired) electrons. The smallest absolute Gasteiger partial charge is 0.261 e. The quantitative estimate of drug-likeness (QED) is 0.258. The van der Waals surface area contributed by atoms with Crippen molar-refractivity contribution < 1.29 is 13.9 Å². The molecule has 0 unspecified atom stereocenters. The van der Waals surface area contributed by atoms with Gasteiger partial charge >= 0.3 is 0 Å². The number of carbonyl (C=O) groups is 1. The summed E-state index contributed by atoms with van der Waals surface area (Å²) in [5.74, 6) is 0.365. The first-order valence-corrected chi connectivity index (χ1v) is 12.2. The number of fused-ring (bicyclic) bond motifs is 1. The molecule has 1 aliphatic rings. The van der Waals surface area contributed by atoms with Gasteiger partial charge in [-0.1, -0.05) is 24.3 Å². The van der Waals surface area contributed by atoms with Crippen molar-refractivity contribution in [3.8, 4) is 28.8 Å². The monoisotopic (exact) mass is 511 g/mol. The molecule has 0 aliphatic heterocycles. The number of rotatable bonds is 8. The molecular formula is C28H26FN7O2. The predicted molar refractivity (Wildman–Crippen MR) is 140 cm³/mol. The third kappa shape index (κ3) is 5.04. The first-order valence-electron chi connectivity index (χ1n) is 12.2. The van der Waals surface area contributed by atoms with Crippen LogP contribution in [-0.4, -0.2) is 32.2 Å². The average molecular weight is 512 g/mol. The molecule has 2 aromatic carbocycles. The van der Waals surface area contributed by atoms with E-state index in [1.54, 1.807) is 35.0 Å². The maximum Gasteiger partial charge on any atom is 0.261 e. The van der Waals surface area contributed by atoms with Crippen LogP contribution in [0.15, 0.2) is 66.5 Å². The minimum Gasteiger partial charge on any atom is -0.457 e. The number of nitrogens with one attached hydrogen (secondary N) is 1. The minimum atomic E-state index is -0.806. The molecule has 1 aliphatic carbocycles. The number of aromatic nitrogens is 4. The molecule has 0 saturated heterocycles. The number of para-hydroxylation sites is 1. The first-order chi connectivity index (χ1) is 18.3. The van der Waals surface area contributed by atoms with Gasteiger partial charge in [0.15, 0.2) is 5.65 Å². The van der Waals surface area contributed by atoms with E-state index >= 15 is 4.39 Å². The highest BCUT2D eigenvalue weighted by molar-refractivity contribution is 5.99. The van der Waals surface area contributed by atoms with Crippen molar-refractivity contribution in [3.63, 3.8) is 0 Å². The number of benzene rings is 2. The van der Waals surface area contributed by atoms with E-state index in [0.29, 0.717) is 28.5 Å². The molecule has 3 N–H and O–H groups in total. The fourth-order valence-electron chi connectivity index (χ4n) is 4.09. The molecule has 0 spiro atoms. The molecular weight excluding hydrogens is 485 g/mol. The number of allylic oxidation sites excluding steroid dienone is 1. The van der Waals surface area contributed by atoms with Gasteiger partial charge in [0.25, 0.3) is 5.91 Å². The molecule has 1 amide bonds. The van der Waals surface area contributed by atoms with Crippen molar-refractivity contribution in [2.24, 2.45) is 5.92 Å². The molecule has 10 heteroatoms. The Morgan fingerprint density at radius 3 is 2.68 bits per heavy atom. The van der Waals surface area contributed by atoms with Crippen molar-refractivity contribution in [1.82, 2.24) is 25.1 Å². The van der Waals surface area contributed by atoms with Gasteiger partial charge in [-0.25, -0.2) is 19.0 Å². The molecule has 0 atom stereocenters. The van der Waals surface area contributed by atoms with Gasteiger partial charge in [-0.05, 0) is 56.9 Å². The maximum atomic E-state index is 15.4. The third-order valence-corrected chi connectivity index (χ3v) is 6.31. The highest BCUT2D eigenvalue weighted by Crippen LogP contribution is 2.36. The van der Waals surface area contributed by atoms with E-state index in [4.69, 9.17) is 15.6 Å². The van der Waals surface area contributed by atoms with Crippen molar-refractivity contribution in [1.29, 1.82) is 5.26 Å². The SMILES string of the molecule is CC(C)(CNC(=O)/C(C#N)=C/C1CC1)n1nc(-c2ccc(Oc3ccccc3)cc2F)c2c(N)ncnc21. The van der Waals surface area contributed by atoms with Crippen LogP contribution in [0.25, 0.3) is 22.3 Å². The summed E-state index contributed by atoms with van der Waals surface area (Å²) in [5.41, 5.74) is 6.36. The number of carbonyl (C=O) groups excluding carboxylic acids is 1. The van der Waals surface area contributed by atoms with Gasteiger partial charge < -0.3 is 15.8 Å². The maximum absolute atomic E-state index is 15.4. The lowest BCUT2D eigenvalue weighted by atomic mass is 10.1.